The Labute approximate surface area is 189 Å². The first-order valence-electron chi connectivity index (χ1n) is 9.93. The summed E-state index contributed by atoms with van der Waals surface area (Å²) in [4.78, 5) is 9.65. The number of aromatic nitrogens is 1. The summed E-state index contributed by atoms with van der Waals surface area (Å²) in [5.41, 5.74) is 6.14. The molecule has 152 valence electrons. The fourth-order valence-electron chi connectivity index (χ4n) is 3.41. The van der Waals surface area contributed by atoms with E-state index >= 15 is 0 Å². The van der Waals surface area contributed by atoms with Crippen molar-refractivity contribution in [1.29, 1.82) is 0 Å². The molecular formula is C26H19ClN2OS. The fraction of sp³-hybridized carbons (Fsp3) is 0.0769. The minimum Gasteiger partial charge on any atom is -0.456 e. The molecule has 0 N–H and O–H groups in total. The van der Waals surface area contributed by atoms with Crippen molar-refractivity contribution in [2.45, 2.75) is 13.8 Å². The Morgan fingerprint density at radius 1 is 0.839 bits per heavy atom. The maximum atomic E-state index is 6.19. The Kier molecular flexibility index (Phi) is 5.18. The smallest absolute Gasteiger partial charge is 0.210 e. The lowest BCUT2D eigenvalue weighted by molar-refractivity contribution is 0.618. The van der Waals surface area contributed by atoms with Crippen LogP contribution in [-0.4, -0.2) is 4.98 Å². The summed E-state index contributed by atoms with van der Waals surface area (Å²) >= 11 is 7.59. The van der Waals surface area contributed by atoms with Gasteiger partial charge in [-0.1, -0.05) is 53.1 Å². The highest BCUT2D eigenvalue weighted by Crippen LogP contribution is 2.28. The molecule has 2 heterocycles. The molecule has 0 aliphatic heterocycles. The number of benzene rings is 3. The van der Waals surface area contributed by atoms with Crippen LogP contribution in [0.15, 0.2) is 87.6 Å². The Morgan fingerprint density at radius 2 is 1.55 bits per heavy atom. The van der Waals surface area contributed by atoms with Crippen LogP contribution in [0.4, 0.5) is 5.13 Å². The number of fused-ring (bicyclic) bond motifs is 1. The molecule has 3 nitrogen and oxygen atoms in total. The second-order valence-corrected chi connectivity index (χ2v) is 8.77. The van der Waals surface area contributed by atoms with E-state index in [9.17, 15) is 0 Å². The van der Waals surface area contributed by atoms with E-state index in [1.54, 1.807) is 0 Å². The van der Waals surface area contributed by atoms with Gasteiger partial charge in [-0.3, -0.25) is 0 Å². The van der Waals surface area contributed by atoms with Crippen molar-refractivity contribution >= 4 is 39.0 Å². The lowest BCUT2D eigenvalue weighted by Gasteiger charge is -2.06. The third-order valence-electron chi connectivity index (χ3n) is 5.08. The Bertz CT molecular complexity index is 1450. The second-order valence-electron chi connectivity index (χ2n) is 7.50. The molecule has 0 saturated carbocycles. The third kappa shape index (κ3) is 4.18. The van der Waals surface area contributed by atoms with Crippen LogP contribution in [-0.2, 0) is 0 Å². The van der Waals surface area contributed by atoms with Crippen LogP contribution in [0.25, 0.3) is 33.6 Å². The molecule has 2 aromatic heterocycles. The molecule has 0 fully saturated rings. The monoisotopic (exact) mass is 442 g/mol. The second kappa shape index (κ2) is 8.14. The van der Waals surface area contributed by atoms with Crippen molar-refractivity contribution in [3.8, 4) is 22.6 Å². The van der Waals surface area contributed by atoms with Crippen LogP contribution < -0.4 is 5.36 Å². The summed E-state index contributed by atoms with van der Waals surface area (Å²) < 4.78 is 6.19. The molecule has 5 rings (SSSR count). The molecule has 5 heteroatoms. The molecule has 0 atom stereocenters. The molecule has 3 aromatic carbocycles. The highest BCUT2D eigenvalue weighted by molar-refractivity contribution is 7.13. The highest BCUT2D eigenvalue weighted by atomic mass is 35.5. The van der Waals surface area contributed by atoms with Crippen molar-refractivity contribution in [2.24, 2.45) is 4.99 Å². The molecule has 0 bridgehead atoms. The van der Waals surface area contributed by atoms with Crippen molar-refractivity contribution in [1.82, 2.24) is 4.98 Å². The van der Waals surface area contributed by atoms with E-state index < -0.39 is 0 Å². The fourth-order valence-corrected chi connectivity index (χ4v) is 4.24. The van der Waals surface area contributed by atoms with Gasteiger partial charge in [0.05, 0.1) is 11.1 Å². The highest BCUT2D eigenvalue weighted by Gasteiger charge is 2.09. The molecule has 0 aliphatic carbocycles. The van der Waals surface area contributed by atoms with Gasteiger partial charge < -0.3 is 4.42 Å². The van der Waals surface area contributed by atoms with E-state index in [4.69, 9.17) is 26.0 Å². The van der Waals surface area contributed by atoms with Gasteiger partial charge in [0, 0.05) is 33.0 Å². The Morgan fingerprint density at radius 3 is 2.32 bits per heavy atom. The van der Waals surface area contributed by atoms with Gasteiger partial charge in [-0.05, 0) is 50.2 Å². The van der Waals surface area contributed by atoms with Gasteiger partial charge in [-0.25, -0.2) is 9.98 Å². The zero-order valence-corrected chi connectivity index (χ0v) is 18.7. The summed E-state index contributed by atoms with van der Waals surface area (Å²) in [5.74, 6) is 0.738. The van der Waals surface area contributed by atoms with E-state index in [2.05, 4.69) is 44.2 Å². The zero-order valence-electron chi connectivity index (χ0n) is 17.1. The van der Waals surface area contributed by atoms with E-state index in [0.717, 1.165) is 44.5 Å². The molecule has 0 saturated heterocycles. The predicted octanol–water partition coefficient (Wildman–Crippen LogP) is 7.73. The molecule has 0 aliphatic rings. The van der Waals surface area contributed by atoms with Crippen LogP contribution in [0.1, 0.15) is 11.1 Å². The summed E-state index contributed by atoms with van der Waals surface area (Å²) in [6.07, 6.45) is 0. The number of rotatable bonds is 3. The van der Waals surface area contributed by atoms with E-state index in [-0.39, 0.29) is 0 Å². The van der Waals surface area contributed by atoms with Crippen molar-refractivity contribution in [3.05, 3.63) is 99.7 Å². The molecule has 31 heavy (non-hydrogen) atoms. The molecule has 5 aromatic rings. The largest absolute Gasteiger partial charge is 0.456 e. The number of nitrogens with zero attached hydrogens (tertiary/aromatic N) is 2. The van der Waals surface area contributed by atoms with Crippen molar-refractivity contribution in [3.63, 3.8) is 0 Å². The number of thiazole rings is 1. The standard InChI is InChI=1S/C26H19ClN2OS/c1-16-3-6-18(7-4-16)23-15-31-26(29-23)28-22-14-25(19-8-10-20(27)11-9-19)30-24-12-5-17(2)13-21(22)24/h3-15H,1-2H3. The average molecular weight is 443 g/mol. The quantitative estimate of drug-likeness (QED) is 0.286. The zero-order chi connectivity index (χ0) is 21.4. The SMILES string of the molecule is Cc1ccc(-c2csc(N=c3cc(-c4ccc(Cl)cc4)oc4ccc(C)cc34)n2)cc1. The molecule has 0 amide bonds. The van der Waals surface area contributed by atoms with Gasteiger partial charge >= 0.3 is 0 Å². The number of hydrogen-bond donors (Lipinski definition) is 0. The van der Waals surface area contributed by atoms with Crippen molar-refractivity contribution < 1.29 is 4.42 Å². The summed E-state index contributed by atoms with van der Waals surface area (Å²) in [6.45, 7) is 4.15. The first kappa shape index (κ1) is 19.7. The minimum absolute atomic E-state index is 0.691. The summed E-state index contributed by atoms with van der Waals surface area (Å²) in [6, 6.07) is 24.1. The summed E-state index contributed by atoms with van der Waals surface area (Å²) in [7, 11) is 0. The summed E-state index contributed by atoms with van der Waals surface area (Å²) in [5, 5.41) is 5.25. The Balaban J connectivity index is 1.66. The van der Waals surface area contributed by atoms with Crippen molar-refractivity contribution in [2.75, 3.05) is 0 Å². The predicted molar refractivity (Wildman–Crippen MR) is 129 cm³/mol. The van der Waals surface area contributed by atoms with Gasteiger partial charge in [-0.2, -0.15) is 0 Å². The van der Waals surface area contributed by atoms with E-state index in [1.165, 1.54) is 16.9 Å². The van der Waals surface area contributed by atoms with Crippen LogP contribution in [0.5, 0.6) is 0 Å². The number of hydrogen-bond acceptors (Lipinski definition) is 4. The molecule has 0 radical (unpaired) electrons. The molecular weight excluding hydrogens is 424 g/mol. The van der Waals surface area contributed by atoms with Crippen LogP contribution >= 0.6 is 22.9 Å². The van der Waals surface area contributed by atoms with Crippen LogP contribution in [0, 0.1) is 13.8 Å². The normalized spacial score (nSPS) is 11.9. The first-order valence-corrected chi connectivity index (χ1v) is 11.2. The number of aryl methyl sites for hydroxylation is 2. The topological polar surface area (TPSA) is 38.4 Å². The van der Waals surface area contributed by atoms with Gasteiger partial charge in [0.15, 0.2) is 0 Å². The van der Waals surface area contributed by atoms with E-state index in [1.807, 2.05) is 47.8 Å². The lowest BCUT2D eigenvalue weighted by Crippen LogP contribution is -2.03. The van der Waals surface area contributed by atoms with Gasteiger partial charge in [-0.15, -0.1) is 11.3 Å². The van der Waals surface area contributed by atoms with Crippen LogP contribution in [0.3, 0.4) is 0 Å². The maximum Gasteiger partial charge on any atom is 0.210 e. The van der Waals surface area contributed by atoms with E-state index in [0.29, 0.717) is 10.2 Å². The maximum absolute atomic E-state index is 6.19. The third-order valence-corrected chi connectivity index (χ3v) is 6.07. The van der Waals surface area contributed by atoms with Gasteiger partial charge in [0.1, 0.15) is 11.3 Å². The van der Waals surface area contributed by atoms with Crippen LogP contribution in [0.2, 0.25) is 5.02 Å². The first-order chi connectivity index (χ1) is 15.0. The minimum atomic E-state index is 0.691. The molecule has 0 spiro atoms. The Hall–Kier alpha value is -3.21. The molecule has 0 unspecified atom stereocenters. The average Bonchev–Trinajstić information content (AvgIpc) is 3.23. The van der Waals surface area contributed by atoms with Gasteiger partial charge in [0.2, 0.25) is 5.13 Å². The van der Waals surface area contributed by atoms with Gasteiger partial charge in [0.25, 0.3) is 0 Å². The number of halogens is 1. The lowest BCUT2D eigenvalue weighted by atomic mass is 10.1.